The highest BCUT2D eigenvalue weighted by Gasteiger charge is 2.25. The summed E-state index contributed by atoms with van der Waals surface area (Å²) in [5.74, 6) is 0.971. The van der Waals surface area contributed by atoms with E-state index in [1.807, 2.05) is 37.3 Å². The van der Waals surface area contributed by atoms with Gasteiger partial charge in [-0.15, -0.1) is 5.11 Å². The monoisotopic (exact) mass is 714 g/mol. The number of benzene rings is 3. The smallest absolute Gasteiger partial charge is 0.309 e. The normalized spacial score (nSPS) is 12.2. The number of ether oxygens (including phenoxy) is 2. The number of nitro groups is 1. The van der Waals surface area contributed by atoms with Gasteiger partial charge in [0.25, 0.3) is 5.69 Å². The van der Waals surface area contributed by atoms with E-state index in [0.717, 1.165) is 30.6 Å². The lowest BCUT2D eigenvalue weighted by molar-refractivity contribution is -0.384. The predicted octanol–water partition coefficient (Wildman–Crippen LogP) is 12.6. The van der Waals surface area contributed by atoms with Crippen molar-refractivity contribution in [2.75, 3.05) is 31.7 Å². The van der Waals surface area contributed by atoms with Crippen LogP contribution in [-0.2, 0) is 9.53 Å². The first kappa shape index (κ1) is 41.7. The van der Waals surface area contributed by atoms with Crippen molar-refractivity contribution in [3.63, 3.8) is 0 Å². The van der Waals surface area contributed by atoms with Crippen molar-refractivity contribution in [3.8, 4) is 5.75 Å². The summed E-state index contributed by atoms with van der Waals surface area (Å²) in [6.07, 6.45) is 10.8. The van der Waals surface area contributed by atoms with Crippen LogP contribution in [0.2, 0.25) is 0 Å². The molecule has 0 saturated carbocycles. The summed E-state index contributed by atoms with van der Waals surface area (Å²) < 4.78 is 11.4. The van der Waals surface area contributed by atoms with E-state index in [0.29, 0.717) is 47.6 Å². The summed E-state index contributed by atoms with van der Waals surface area (Å²) in [7, 11) is 1.55. The molecule has 0 N–H and O–H groups in total. The Morgan fingerprint density at radius 2 is 1.37 bits per heavy atom. The number of hydrogen-bond acceptors (Lipinski definition) is 10. The first-order valence-electron chi connectivity index (χ1n) is 18.8. The van der Waals surface area contributed by atoms with Crippen LogP contribution in [-0.4, -0.2) is 37.7 Å². The third-order valence-corrected chi connectivity index (χ3v) is 9.04. The van der Waals surface area contributed by atoms with Crippen LogP contribution in [0.3, 0.4) is 0 Å². The molecule has 3 aromatic rings. The van der Waals surface area contributed by atoms with Crippen LogP contribution in [0.5, 0.6) is 5.75 Å². The van der Waals surface area contributed by atoms with Gasteiger partial charge in [-0.3, -0.25) is 14.9 Å². The Morgan fingerprint density at radius 3 is 1.92 bits per heavy atom. The molecular formula is C41H58N6O5. The van der Waals surface area contributed by atoms with Gasteiger partial charge in [0.05, 0.1) is 41.6 Å². The molecule has 0 bridgehead atoms. The number of anilines is 1. The van der Waals surface area contributed by atoms with Gasteiger partial charge in [0, 0.05) is 30.4 Å². The highest BCUT2D eigenvalue weighted by molar-refractivity contribution is 5.72. The average Bonchev–Trinajstić information content (AvgIpc) is 3.13. The van der Waals surface area contributed by atoms with Gasteiger partial charge < -0.3 is 14.4 Å². The molecule has 3 aromatic carbocycles. The molecule has 3 rings (SSSR count). The molecule has 1 unspecified atom stereocenters. The number of carbonyl (C=O) groups excluding carboxylic acids is 1. The second-order valence-electron chi connectivity index (χ2n) is 14.1. The minimum atomic E-state index is -0.457. The van der Waals surface area contributed by atoms with Crippen LogP contribution < -0.4 is 9.64 Å². The summed E-state index contributed by atoms with van der Waals surface area (Å²) in [6, 6.07) is 17.4. The minimum absolute atomic E-state index is 0.0112. The maximum atomic E-state index is 13.0. The first-order valence-corrected chi connectivity index (χ1v) is 18.8. The molecule has 0 radical (unpaired) electrons. The third-order valence-electron chi connectivity index (χ3n) is 9.04. The lowest BCUT2D eigenvalue weighted by Gasteiger charge is -2.26. The molecule has 11 heteroatoms. The standard InChI is InChI=1S/C41H58N6O5/c1-8-9-10-11-12-13-14-15-24-46(25-26-52-41(48)37(31(4)5)27-30(2)3)35-20-16-33(17-21-35)42-44-38-29-40(51-7)39(28-32(38)6)45-43-34-18-22-36(23-19-34)47(49)50/h16-23,28-31,37H,8-15,24-27H2,1-7H3. The van der Waals surface area contributed by atoms with E-state index in [1.165, 1.54) is 69.2 Å². The fraction of sp³-hybridized carbons (Fsp3) is 0.537. The van der Waals surface area contributed by atoms with Gasteiger partial charge in [-0.2, -0.15) is 15.3 Å². The maximum absolute atomic E-state index is 13.0. The number of aryl methyl sites for hydroxylation is 1. The Kier molecular flexibility index (Phi) is 17.9. The number of azo groups is 2. The van der Waals surface area contributed by atoms with Crippen molar-refractivity contribution in [1.82, 2.24) is 0 Å². The van der Waals surface area contributed by atoms with Crippen LogP contribution in [0.15, 0.2) is 81.1 Å². The van der Waals surface area contributed by atoms with E-state index in [9.17, 15) is 14.9 Å². The van der Waals surface area contributed by atoms with Crippen LogP contribution in [0, 0.1) is 34.8 Å². The Bertz CT molecular complexity index is 1590. The van der Waals surface area contributed by atoms with Crippen molar-refractivity contribution in [3.05, 3.63) is 76.3 Å². The molecule has 0 amide bonds. The Morgan fingerprint density at radius 1 is 0.788 bits per heavy atom. The van der Waals surface area contributed by atoms with Crippen molar-refractivity contribution in [2.24, 2.45) is 38.2 Å². The van der Waals surface area contributed by atoms with Crippen LogP contribution >= 0.6 is 0 Å². The summed E-state index contributed by atoms with van der Waals surface area (Å²) >= 11 is 0. The molecule has 52 heavy (non-hydrogen) atoms. The van der Waals surface area contributed by atoms with Crippen molar-refractivity contribution < 1.29 is 19.2 Å². The number of rotatable bonds is 23. The summed E-state index contributed by atoms with van der Waals surface area (Å²) in [4.78, 5) is 25.8. The molecule has 0 aliphatic rings. The molecule has 0 aliphatic heterocycles. The van der Waals surface area contributed by atoms with E-state index in [1.54, 1.807) is 13.2 Å². The van der Waals surface area contributed by atoms with Crippen LogP contribution in [0.1, 0.15) is 98.0 Å². The van der Waals surface area contributed by atoms with Gasteiger partial charge in [-0.05, 0) is 79.6 Å². The van der Waals surface area contributed by atoms with Crippen molar-refractivity contribution in [1.29, 1.82) is 0 Å². The first-order chi connectivity index (χ1) is 25.0. The van der Waals surface area contributed by atoms with E-state index < -0.39 is 4.92 Å². The predicted molar refractivity (Wildman–Crippen MR) is 209 cm³/mol. The van der Waals surface area contributed by atoms with E-state index >= 15 is 0 Å². The topological polar surface area (TPSA) is 131 Å². The lowest BCUT2D eigenvalue weighted by Crippen LogP contribution is -2.31. The lowest BCUT2D eigenvalue weighted by atomic mass is 9.88. The highest BCUT2D eigenvalue weighted by Crippen LogP contribution is 2.37. The number of methoxy groups -OCH3 is 1. The fourth-order valence-electron chi connectivity index (χ4n) is 5.92. The van der Waals surface area contributed by atoms with Crippen LogP contribution in [0.4, 0.5) is 34.1 Å². The Balaban J connectivity index is 1.68. The molecule has 11 nitrogen and oxygen atoms in total. The zero-order chi connectivity index (χ0) is 37.9. The van der Waals surface area contributed by atoms with Crippen LogP contribution in [0.25, 0.3) is 0 Å². The van der Waals surface area contributed by atoms with E-state index in [2.05, 4.69) is 60.0 Å². The summed E-state index contributed by atoms with van der Waals surface area (Å²) in [6.45, 7) is 14.5. The second kappa shape index (κ2) is 22.3. The van der Waals surface area contributed by atoms with Gasteiger partial charge in [-0.1, -0.05) is 79.6 Å². The molecule has 0 fully saturated rings. The molecule has 0 spiro atoms. The molecular weight excluding hydrogens is 656 g/mol. The summed E-state index contributed by atoms with van der Waals surface area (Å²) in [5.41, 5.74) is 4.20. The zero-order valence-electron chi connectivity index (χ0n) is 32.2. The van der Waals surface area contributed by atoms with Gasteiger partial charge in [0.15, 0.2) is 0 Å². The van der Waals surface area contributed by atoms with Gasteiger partial charge in [-0.25, -0.2) is 0 Å². The second-order valence-corrected chi connectivity index (χ2v) is 14.1. The quantitative estimate of drug-likeness (QED) is 0.0316. The van der Waals surface area contributed by atoms with Gasteiger partial charge in [0.1, 0.15) is 18.0 Å². The zero-order valence-corrected chi connectivity index (χ0v) is 32.2. The van der Waals surface area contributed by atoms with Crippen molar-refractivity contribution >= 4 is 40.1 Å². The minimum Gasteiger partial charge on any atom is -0.494 e. The average molecular weight is 715 g/mol. The molecule has 0 saturated heterocycles. The maximum Gasteiger partial charge on any atom is 0.309 e. The molecule has 0 aromatic heterocycles. The highest BCUT2D eigenvalue weighted by atomic mass is 16.6. The number of carbonyl (C=O) groups is 1. The third kappa shape index (κ3) is 14.2. The van der Waals surface area contributed by atoms with Gasteiger partial charge in [0.2, 0.25) is 0 Å². The number of nitro benzene ring substituents is 1. The SMILES string of the molecule is CCCCCCCCCCN(CCOC(=O)C(CC(C)C)C(C)C)c1ccc(N=Nc2cc(OC)c(N=Nc3ccc([N+](=O)[O-])cc3)cc2C)cc1. The number of esters is 1. The number of non-ortho nitro benzene ring substituents is 1. The molecule has 0 aliphatic carbocycles. The Hall–Kier alpha value is -4.67. The molecule has 0 heterocycles. The number of nitrogens with zero attached hydrogens (tertiary/aromatic N) is 6. The molecule has 282 valence electrons. The molecule has 1 atom stereocenters. The number of hydrogen-bond donors (Lipinski definition) is 0. The Labute approximate surface area is 310 Å². The van der Waals surface area contributed by atoms with Gasteiger partial charge >= 0.3 is 5.97 Å². The van der Waals surface area contributed by atoms with E-state index in [4.69, 9.17) is 9.47 Å². The fourth-order valence-corrected chi connectivity index (χ4v) is 5.92. The largest absolute Gasteiger partial charge is 0.494 e. The number of unbranched alkanes of at least 4 members (excludes halogenated alkanes) is 7. The van der Waals surface area contributed by atoms with E-state index in [-0.39, 0.29) is 23.5 Å². The van der Waals surface area contributed by atoms with Crippen molar-refractivity contribution in [2.45, 2.75) is 99.3 Å². The summed E-state index contributed by atoms with van der Waals surface area (Å²) in [5, 5.41) is 28.4.